The molecule has 1 aromatic rings. The van der Waals surface area contributed by atoms with Crippen LogP contribution >= 0.6 is 23.4 Å². The number of aromatic nitrogens is 2. The summed E-state index contributed by atoms with van der Waals surface area (Å²) in [5, 5.41) is 16.0. The molecule has 3 nitrogen and oxygen atoms in total. The molecule has 1 aromatic heterocycles. The first-order valence-corrected chi connectivity index (χ1v) is 6.94. The van der Waals surface area contributed by atoms with Crippen LogP contribution in [0.1, 0.15) is 38.9 Å². The Labute approximate surface area is 105 Å². The quantitative estimate of drug-likeness (QED) is 0.889. The van der Waals surface area contributed by atoms with Gasteiger partial charge in [0.1, 0.15) is 5.60 Å². The molecule has 0 saturated carbocycles. The van der Waals surface area contributed by atoms with Crippen LogP contribution in [-0.2, 0) is 5.60 Å². The maximum atomic E-state index is 10.7. The van der Waals surface area contributed by atoms with Crippen LogP contribution in [0.3, 0.4) is 0 Å². The number of nitrogens with zero attached hydrogens (tertiary/aromatic N) is 2. The maximum Gasteiger partial charge on any atom is 0.118 e. The lowest BCUT2D eigenvalue weighted by Gasteiger charge is -2.25. The van der Waals surface area contributed by atoms with Crippen LogP contribution in [0.5, 0.6) is 0 Å². The number of aliphatic hydroxyl groups is 1. The minimum Gasteiger partial charge on any atom is -0.383 e. The summed E-state index contributed by atoms with van der Waals surface area (Å²) in [5.41, 5.74) is -0.0388. The fourth-order valence-corrected chi connectivity index (χ4v) is 3.72. The third-order valence-corrected chi connectivity index (χ3v) is 4.57. The van der Waals surface area contributed by atoms with E-state index in [1.165, 1.54) is 0 Å². The Morgan fingerprint density at radius 1 is 1.69 bits per heavy atom. The standard InChI is InChI=1S/C11H17ClN2OS/c1-7(2)14-10(9(12)5-13-14)11(15)4-8(3)16-6-11/h5,7-8,15H,4,6H2,1-3H3. The van der Waals surface area contributed by atoms with Crippen molar-refractivity contribution in [3.05, 3.63) is 16.9 Å². The van der Waals surface area contributed by atoms with E-state index in [4.69, 9.17) is 11.6 Å². The van der Waals surface area contributed by atoms with Crippen LogP contribution in [0.4, 0.5) is 0 Å². The van der Waals surface area contributed by atoms with E-state index in [0.29, 0.717) is 16.0 Å². The van der Waals surface area contributed by atoms with Crippen LogP contribution in [0.15, 0.2) is 6.20 Å². The summed E-state index contributed by atoms with van der Waals surface area (Å²) < 4.78 is 1.83. The molecule has 0 radical (unpaired) electrons. The van der Waals surface area contributed by atoms with E-state index in [2.05, 4.69) is 12.0 Å². The fraction of sp³-hybridized carbons (Fsp3) is 0.727. The lowest BCUT2D eigenvalue weighted by atomic mass is 9.96. The van der Waals surface area contributed by atoms with Gasteiger partial charge in [-0.25, -0.2) is 0 Å². The van der Waals surface area contributed by atoms with Gasteiger partial charge in [0, 0.05) is 17.0 Å². The molecule has 1 fully saturated rings. The van der Waals surface area contributed by atoms with Crippen molar-refractivity contribution in [2.45, 2.75) is 44.1 Å². The topological polar surface area (TPSA) is 38.1 Å². The SMILES string of the molecule is CC1CC(O)(c2c(Cl)cnn2C(C)C)CS1. The fourth-order valence-electron chi connectivity index (χ4n) is 2.21. The summed E-state index contributed by atoms with van der Waals surface area (Å²) in [6, 6.07) is 0.215. The Bertz CT molecular complexity index is 393. The van der Waals surface area contributed by atoms with Gasteiger partial charge >= 0.3 is 0 Å². The zero-order valence-electron chi connectivity index (χ0n) is 9.77. The molecule has 1 N–H and O–H groups in total. The molecular weight excluding hydrogens is 244 g/mol. The van der Waals surface area contributed by atoms with E-state index < -0.39 is 5.60 Å². The van der Waals surface area contributed by atoms with E-state index in [-0.39, 0.29) is 6.04 Å². The molecule has 0 aromatic carbocycles. The summed E-state index contributed by atoms with van der Waals surface area (Å²) >= 11 is 7.94. The van der Waals surface area contributed by atoms with Crippen LogP contribution in [0.2, 0.25) is 5.02 Å². The molecule has 2 heterocycles. The highest BCUT2D eigenvalue weighted by molar-refractivity contribution is 8.00. The zero-order valence-corrected chi connectivity index (χ0v) is 11.3. The normalized spacial score (nSPS) is 30.2. The van der Waals surface area contributed by atoms with Crippen molar-refractivity contribution in [3.8, 4) is 0 Å². The molecule has 1 aliphatic heterocycles. The molecule has 0 amide bonds. The van der Waals surface area contributed by atoms with Gasteiger partial charge in [0.2, 0.25) is 0 Å². The Morgan fingerprint density at radius 2 is 2.38 bits per heavy atom. The Hall–Kier alpha value is -0.190. The molecule has 1 saturated heterocycles. The van der Waals surface area contributed by atoms with Crippen LogP contribution in [0.25, 0.3) is 0 Å². The number of hydrogen-bond acceptors (Lipinski definition) is 3. The van der Waals surface area contributed by atoms with Gasteiger partial charge in [-0.05, 0) is 20.3 Å². The van der Waals surface area contributed by atoms with Crippen molar-refractivity contribution in [2.75, 3.05) is 5.75 Å². The van der Waals surface area contributed by atoms with Gasteiger partial charge in [0.05, 0.1) is 16.9 Å². The predicted octanol–water partition coefficient (Wildman–Crippen LogP) is 2.83. The van der Waals surface area contributed by atoms with E-state index in [1.807, 2.05) is 18.5 Å². The van der Waals surface area contributed by atoms with Gasteiger partial charge in [-0.15, -0.1) is 0 Å². The highest BCUT2D eigenvalue weighted by atomic mass is 35.5. The molecule has 0 spiro atoms. The second-order valence-corrected chi connectivity index (χ2v) is 6.57. The van der Waals surface area contributed by atoms with Gasteiger partial charge in [-0.3, -0.25) is 4.68 Å². The Morgan fingerprint density at radius 3 is 2.88 bits per heavy atom. The third-order valence-electron chi connectivity index (χ3n) is 2.91. The average Bonchev–Trinajstić information content (AvgIpc) is 2.71. The first-order chi connectivity index (χ1) is 7.44. The van der Waals surface area contributed by atoms with E-state index in [9.17, 15) is 5.11 Å². The minimum atomic E-state index is -0.818. The molecule has 90 valence electrons. The summed E-state index contributed by atoms with van der Waals surface area (Å²) in [5.74, 6) is 0.701. The third kappa shape index (κ3) is 1.98. The number of rotatable bonds is 2. The minimum absolute atomic E-state index is 0.215. The summed E-state index contributed by atoms with van der Waals surface area (Å²) in [7, 11) is 0. The first kappa shape index (κ1) is 12.3. The van der Waals surface area contributed by atoms with Gasteiger partial charge in [0.15, 0.2) is 0 Å². The second kappa shape index (κ2) is 4.24. The van der Waals surface area contributed by atoms with Gasteiger partial charge < -0.3 is 5.11 Å². The molecule has 2 atom stereocenters. The second-order valence-electron chi connectivity index (χ2n) is 4.74. The van der Waals surface area contributed by atoms with Crippen LogP contribution < -0.4 is 0 Å². The summed E-state index contributed by atoms with van der Waals surface area (Å²) in [6.45, 7) is 6.22. The van der Waals surface area contributed by atoms with E-state index >= 15 is 0 Å². The Kier molecular flexibility index (Phi) is 3.25. The lowest BCUT2D eigenvalue weighted by Crippen LogP contribution is -2.30. The predicted molar refractivity (Wildman–Crippen MR) is 68.1 cm³/mol. The smallest absolute Gasteiger partial charge is 0.118 e. The van der Waals surface area contributed by atoms with Crippen molar-refractivity contribution < 1.29 is 5.11 Å². The first-order valence-electron chi connectivity index (χ1n) is 5.51. The van der Waals surface area contributed by atoms with Crippen molar-refractivity contribution in [3.63, 3.8) is 0 Å². The molecule has 1 aliphatic rings. The van der Waals surface area contributed by atoms with Crippen LogP contribution in [-0.4, -0.2) is 25.9 Å². The number of hydrogen-bond donors (Lipinski definition) is 1. The molecule has 2 unspecified atom stereocenters. The van der Waals surface area contributed by atoms with E-state index in [1.54, 1.807) is 18.0 Å². The molecule has 2 rings (SSSR count). The molecular formula is C11H17ClN2OS. The monoisotopic (exact) mass is 260 g/mol. The summed E-state index contributed by atoms with van der Waals surface area (Å²) in [6.07, 6.45) is 2.37. The molecule has 0 bridgehead atoms. The number of halogens is 1. The summed E-state index contributed by atoms with van der Waals surface area (Å²) in [4.78, 5) is 0. The van der Waals surface area contributed by atoms with Crippen molar-refractivity contribution in [1.82, 2.24) is 9.78 Å². The van der Waals surface area contributed by atoms with Gasteiger partial charge in [0.25, 0.3) is 0 Å². The highest BCUT2D eigenvalue weighted by Crippen LogP contribution is 2.44. The molecule has 16 heavy (non-hydrogen) atoms. The molecule has 5 heteroatoms. The Balaban J connectivity index is 2.43. The number of thioether (sulfide) groups is 1. The average molecular weight is 261 g/mol. The van der Waals surface area contributed by atoms with E-state index in [0.717, 1.165) is 12.1 Å². The van der Waals surface area contributed by atoms with Crippen molar-refractivity contribution in [1.29, 1.82) is 0 Å². The zero-order chi connectivity index (χ0) is 11.9. The van der Waals surface area contributed by atoms with Crippen LogP contribution in [0, 0.1) is 0 Å². The van der Waals surface area contributed by atoms with Crippen molar-refractivity contribution in [2.24, 2.45) is 0 Å². The van der Waals surface area contributed by atoms with Gasteiger partial charge in [-0.2, -0.15) is 16.9 Å². The molecule has 0 aliphatic carbocycles. The van der Waals surface area contributed by atoms with Crippen molar-refractivity contribution >= 4 is 23.4 Å². The van der Waals surface area contributed by atoms with Gasteiger partial charge in [-0.1, -0.05) is 18.5 Å². The maximum absolute atomic E-state index is 10.7. The lowest BCUT2D eigenvalue weighted by molar-refractivity contribution is 0.0503. The highest BCUT2D eigenvalue weighted by Gasteiger charge is 2.42. The largest absolute Gasteiger partial charge is 0.383 e.